The number of nitrogens with one attached hydrogen (secondary N) is 1. The molecule has 1 amide bonds. The molecule has 11 heteroatoms. The summed E-state index contributed by atoms with van der Waals surface area (Å²) in [5.74, 6) is -11.9. The second-order valence-corrected chi connectivity index (χ2v) is 7.45. The van der Waals surface area contributed by atoms with Crippen LogP contribution >= 0.6 is 38.5 Å². The summed E-state index contributed by atoms with van der Waals surface area (Å²) in [5.41, 5.74) is 0.356. The van der Waals surface area contributed by atoms with Gasteiger partial charge in [-0.15, -0.1) is 0 Å². The van der Waals surface area contributed by atoms with E-state index in [1.54, 1.807) is 24.3 Å². The number of allylic oxidation sites excluding steroid dienone is 2. The van der Waals surface area contributed by atoms with Gasteiger partial charge in [0.25, 0.3) is 5.91 Å². The highest BCUT2D eigenvalue weighted by molar-refractivity contribution is 14.1. The third-order valence-electron chi connectivity index (χ3n) is 3.10. The Labute approximate surface area is 166 Å². The second kappa shape index (κ2) is 8.89. The van der Waals surface area contributed by atoms with Gasteiger partial charge in [0.1, 0.15) is 0 Å². The van der Waals surface area contributed by atoms with Crippen LogP contribution in [-0.4, -0.2) is 30.5 Å². The van der Waals surface area contributed by atoms with Crippen LogP contribution in [0.15, 0.2) is 38.4 Å². The van der Waals surface area contributed by atoms with E-state index in [0.717, 1.165) is 4.47 Å². The minimum absolute atomic E-state index is 0.0382. The van der Waals surface area contributed by atoms with Gasteiger partial charge >= 0.3 is 18.0 Å². The van der Waals surface area contributed by atoms with Gasteiger partial charge in [0.15, 0.2) is 0 Å². The summed E-state index contributed by atoms with van der Waals surface area (Å²) in [6, 6.07) is 6.37. The fourth-order valence-corrected chi connectivity index (χ4v) is 2.75. The van der Waals surface area contributed by atoms with Crippen molar-refractivity contribution in [3.8, 4) is 0 Å². The molecule has 0 heterocycles. The predicted octanol–water partition coefficient (Wildman–Crippen LogP) is 6.11. The number of alkyl halides is 7. The maximum Gasteiger partial charge on any atom is 0.460 e. The number of carbonyl (C=O) groups is 1. The molecule has 0 fully saturated rings. The zero-order valence-corrected chi connectivity index (χ0v) is 16.6. The topological polar surface area (TPSA) is 29.1 Å². The molecule has 0 saturated heterocycles. The van der Waals surface area contributed by atoms with Gasteiger partial charge in [0.2, 0.25) is 0 Å². The summed E-state index contributed by atoms with van der Waals surface area (Å²) in [7, 11) is 0. The molecule has 146 valence electrons. The fraction of sp³-hybridized carbons (Fsp3) is 0.400. The molecular weight excluding hydrogens is 550 g/mol. The van der Waals surface area contributed by atoms with Crippen LogP contribution in [0.3, 0.4) is 0 Å². The monoisotopic (exact) mass is 561 g/mol. The van der Waals surface area contributed by atoms with E-state index in [-0.39, 0.29) is 23.0 Å². The molecule has 0 radical (unpaired) electrons. The van der Waals surface area contributed by atoms with Crippen molar-refractivity contribution in [2.45, 2.75) is 30.9 Å². The highest BCUT2D eigenvalue weighted by Gasteiger charge is 2.72. The zero-order chi connectivity index (χ0) is 20.2. The summed E-state index contributed by atoms with van der Waals surface area (Å²) in [6.45, 7) is 0.0382. The SMILES string of the molecule is O=C(NCCCC(I)=CC(F)(F)C(F)(F)C(F)(F)F)c1ccc(Br)cc1. The van der Waals surface area contributed by atoms with Crippen LogP contribution in [0.5, 0.6) is 0 Å². The lowest BCUT2D eigenvalue weighted by Gasteiger charge is -2.26. The number of rotatable bonds is 7. The number of hydrogen-bond acceptors (Lipinski definition) is 1. The minimum atomic E-state index is -6.36. The highest BCUT2D eigenvalue weighted by atomic mass is 127. The Morgan fingerprint density at radius 2 is 1.62 bits per heavy atom. The van der Waals surface area contributed by atoms with Crippen LogP contribution < -0.4 is 5.32 Å². The standard InChI is InChI=1S/C15H12BrF7INO/c16-10-5-3-9(4-6-10)12(26)25-7-1-2-11(24)8-13(17,18)14(19,20)15(21,22)23/h3-6,8H,1-2,7H2,(H,25,26). The van der Waals surface area contributed by atoms with Crippen molar-refractivity contribution in [1.29, 1.82) is 0 Å². The summed E-state index contributed by atoms with van der Waals surface area (Å²) >= 11 is 4.47. The molecule has 0 aliphatic carbocycles. The molecule has 0 bridgehead atoms. The lowest BCUT2D eigenvalue weighted by atomic mass is 10.1. The first-order valence-corrected chi connectivity index (χ1v) is 8.88. The van der Waals surface area contributed by atoms with Crippen molar-refractivity contribution in [3.05, 3.63) is 44.0 Å². The van der Waals surface area contributed by atoms with Gasteiger partial charge in [0.05, 0.1) is 0 Å². The fourth-order valence-electron chi connectivity index (χ4n) is 1.71. The number of halogens is 9. The van der Waals surface area contributed by atoms with E-state index in [1.165, 1.54) is 22.6 Å². The third-order valence-corrected chi connectivity index (χ3v) is 4.48. The lowest BCUT2D eigenvalue weighted by molar-refractivity contribution is -0.341. The summed E-state index contributed by atoms with van der Waals surface area (Å²) < 4.78 is 88.6. The Morgan fingerprint density at radius 3 is 2.12 bits per heavy atom. The molecule has 1 rings (SSSR count). The lowest BCUT2D eigenvalue weighted by Crippen LogP contribution is -2.50. The maximum absolute atomic E-state index is 13.2. The van der Waals surface area contributed by atoms with Gasteiger partial charge in [-0.05, 0) is 63.3 Å². The molecule has 1 aromatic carbocycles. The first-order valence-electron chi connectivity index (χ1n) is 7.01. The molecule has 0 aliphatic rings. The normalized spacial score (nSPS) is 13.7. The number of hydrogen-bond donors (Lipinski definition) is 1. The Hall–Kier alpha value is -0.850. The van der Waals surface area contributed by atoms with Gasteiger partial charge in [-0.1, -0.05) is 15.9 Å². The van der Waals surface area contributed by atoms with Gasteiger partial charge in [-0.3, -0.25) is 4.79 Å². The van der Waals surface area contributed by atoms with Crippen molar-refractivity contribution in [1.82, 2.24) is 5.32 Å². The number of benzene rings is 1. The Bertz CT molecular complexity index is 659. The molecule has 2 nitrogen and oxygen atoms in total. The summed E-state index contributed by atoms with van der Waals surface area (Å²) in [6.07, 6.45) is -6.85. The van der Waals surface area contributed by atoms with E-state index in [9.17, 15) is 35.5 Å². The van der Waals surface area contributed by atoms with Crippen molar-refractivity contribution >= 4 is 44.4 Å². The van der Waals surface area contributed by atoms with Crippen LogP contribution in [0.2, 0.25) is 0 Å². The molecular formula is C15H12BrF7INO. The Kier molecular flexibility index (Phi) is 7.93. The first kappa shape index (κ1) is 23.2. The smallest absolute Gasteiger partial charge is 0.352 e. The maximum atomic E-state index is 13.2. The molecule has 0 aromatic heterocycles. The molecule has 0 spiro atoms. The van der Waals surface area contributed by atoms with E-state index in [1.807, 2.05) is 0 Å². The van der Waals surface area contributed by atoms with E-state index in [0.29, 0.717) is 5.56 Å². The van der Waals surface area contributed by atoms with Crippen LogP contribution in [-0.2, 0) is 0 Å². The largest absolute Gasteiger partial charge is 0.460 e. The second-order valence-electron chi connectivity index (χ2n) is 5.15. The van der Waals surface area contributed by atoms with Crippen LogP contribution in [0.25, 0.3) is 0 Å². The van der Waals surface area contributed by atoms with Gasteiger partial charge in [-0.25, -0.2) is 0 Å². The van der Waals surface area contributed by atoms with Crippen LogP contribution in [0.4, 0.5) is 30.7 Å². The minimum Gasteiger partial charge on any atom is -0.352 e. The molecule has 0 aliphatic heterocycles. The van der Waals surface area contributed by atoms with E-state index < -0.39 is 30.0 Å². The average molecular weight is 562 g/mol. The van der Waals surface area contributed by atoms with Gasteiger partial charge < -0.3 is 5.32 Å². The molecule has 0 atom stereocenters. The first-order chi connectivity index (χ1) is 11.8. The average Bonchev–Trinajstić information content (AvgIpc) is 2.50. The quantitative estimate of drug-likeness (QED) is 0.243. The van der Waals surface area contributed by atoms with Gasteiger partial charge in [0, 0.05) is 22.7 Å². The molecule has 1 aromatic rings. The third kappa shape index (κ3) is 6.10. The van der Waals surface area contributed by atoms with E-state index >= 15 is 0 Å². The van der Waals surface area contributed by atoms with Crippen molar-refractivity contribution in [2.75, 3.05) is 6.54 Å². The summed E-state index contributed by atoms with van der Waals surface area (Å²) in [4.78, 5) is 11.8. The van der Waals surface area contributed by atoms with Crippen molar-refractivity contribution < 1.29 is 35.5 Å². The highest BCUT2D eigenvalue weighted by Crippen LogP contribution is 2.47. The van der Waals surface area contributed by atoms with E-state index in [2.05, 4.69) is 21.2 Å². The molecule has 0 unspecified atom stereocenters. The molecule has 0 saturated carbocycles. The Morgan fingerprint density at radius 1 is 1.08 bits per heavy atom. The number of carbonyl (C=O) groups excluding carboxylic acids is 1. The number of amides is 1. The van der Waals surface area contributed by atoms with Crippen molar-refractivity contribution in [2.24, 2.45) is 0 Å². The van der Waals surface area contributed by atoms with Crippen LogP contribution in [0, 0.1) is 0 Å². The zero-order valence-electron chi connectivity index (χ0n) is 12.8. The van der Waals surface area contributed by atoms with Crippen molar-refractivity contribution in [3.63, 3.8) is 0 Å². The van der Waals surface area contributed by atoms with Gasteiger partial charge in [-0.2, -0.15) is 30.7 Å². The predicted molar refractivity (Wildman–Crippen MR) is 93.8 cm³/mol. The molecule has 26 heavy (non-hydrogen) atoms. The summed E-state index contributed by atoms with van der Waals surface area (Å²) in [5, 5.41) is 2.49. The Balaban J connectivity index is 2.55. The molecule has 1 N–H and O–H groups in total. The van der Waals surface area contributed by atoms with E-state index in [4.69, 9.17) is 0 Å². The van der Waals surface area contributed by atoms with Crippen LogP contribution in [0.1, 0.15) is 23.2 Å².